The molecular formula is C16H24ClN3O. The van der Waals surface area contributed by atoms with Crippen LogP contribution in [-0.4, -0.2) is 29.9 Å². The molecule has 0 saturated carbocycles. The third kappa shape index (κ3) is 4.61. The van der Waals surface area contributed by atoms with Crippen molar-refractivity contribution in [3.63, 3.8) is 0 Å². The Balaban J connectivity index is 1.82. The standard InChI is InChI=1S/C16H24ClN3O/c1-2-13-5-3-4-9-20(13)10-8-16(21)19-12-6-7-14(17)15(18)11-12/h6-7,11,13H,2-5,8-10,18H2,1H3,(H,19,21). The number of rotatable bonds is 5. The van der Waals surface area contributed by atoms with Crippen LogP contribution in [-0.2, 0) is 4.79 Å². The number of halogens is 1. The van der Waals surface area contributed by atoms with Gasteiger partial charge in [-0.2, -0.15) is 0 Å². The Morgan fingerprint density at radius 2 is 2.29 bits per heavy atom. The zero-order valence-corrected chi connectivity index (χ0v) is 13.3. The molecule has 1 aromatic rings. The van der Waals surface area contributed by atoms with Gasteiger partial charge in [0.1, 0.15) is 0 Å². The van der Waals surface area contributed by atoms with Crippen molar-refractivity contribution in [3.8, 4) is 0 Å². The van der Waals surface area contributed by atoms with Crippen LogP contribution in [0.3, 0.4) is 0 Å². The smallest absolute Gasteiger partial charge is 0.225 e. The number of carbonyl (C=O) groups excluding carboxylic acids is 1. The fourth-order valence-corrected chi connectivity index (χ4v) is 3.02. The average Bonchev–Trinajstić information content (AvgIpc) is 2.49. The molecule has 5 heteroatoms. The maximum absolute atomic E-state index is 12.0. The quantitative estimate of drug-likeness (QED) is 0.818. The third-order valence-electron chi connectivity index (χ3n) is 4.13. The van der Waals surface area contributed by atoms with Crippen LogP contribution in [0.4, 0.5) is 11.4 Å². The van der Waals surface area contributed by atoms with Gasteiger partial charge in [-0.25, -0.2) is 0 Å². The van der Waals surface area contributed by atoms with E-state index in [2.05, 4.69) is 17.1 Å². The van der Waals surface area contributed by atoms with Gasteiger partial charge in [0.05, 0.1) is 10.7 Å². The van der Waals surface area contributed by atoms with Gasteiger partial charge in [0.2, 0.25) is 5.91 Å². The van der Waals surface area contributed by atoms with Crippen LogP contribution in [0.5, 0.6) is 0 Å². The van der Waals surface area contributed by atoms with Crippen molar-refractivity contribution in [1.29, 1.82) is 0 Å². The predicted octanol–water partition coefficient (Wildman–Crippen LogP) is 3.52. The number of amides is 1. The molecule has 1 aliphatic heterocycles. The molecule has 1 aliphatic rings. The van der Waals surface area contributed by atoms with E-state index in [1.807, 2.05) is 0 Å². The molecule has 4 nitrogen and oxygen atoms in total. The number of nitrogen functional groups attached to an aromatic ring is 1. The molecule has 116 valence electrons. The van der Waals surface area contributed by atoms with Gasteiger partial charge in [0.25, 0.3) is 0 Å². The zero-order valence-electron chi connectivity index (χ0n) is 12.6. The van der Waals surface area contributed by atoms with Gasteiger partial charge in [-0.15, -0.1) is 0 Å². The van der Waals surface area contributed by atoms with E-state index in [0.29, 0.717) is 28.9 Å². The van der Waals surface area contributed by atoms with Crippen molar-refractivity contribution in [2.24, 2.45) is 0 Å². The first-order chi connectivity index (χ1) is 10.1. The summed E-state index contributed by atoms with van der Waals surface area (Å²) in [7, 11) is 0. The molecule has 1 atom stereocenters. The molecule has 0 bridgehead atoms. The van der Waals surface area contributed by atoms with E-state index in [1.54, 1.807) is 18.2 Å². The summed E-state index contributed by atoms with van der Waals surface area (Å²) in [6.45, 7) is 4.16. The SMILES string of the molecule is CCC1CCCCN1CCC(=O)Nc1ccc(Cl)c(N)c1. The Bertz CT molecular complexity index is 492. The van der Waals surface area contributed by atoms with E-state index < -0.39 is 0 Å². The molecular weight excluding hydrogens is 286 g/mol. The van der Waals surface area contributed by atoms with Crippen molar-refractivity contribution in [3.05, 3.63) is 23.2 Å². The normalized spacial score (nSPS) is 19.4. The lowest BCUT2D eigenvalue weighted by molar-refractivity contribution is -0.116. The van der Waals surface area contributed by atoms with E-state index in [1.165, 1.54) is 19.3 Å². The van der Waals surface area contributed by atoms with Crippen molar-refractivity contribution >= 4 is 28.9 Å². The zero-order chi connectivity index (χ0) is 15.2. The second kappa shape index (κ2) is 7.66. The maximum Gasteiger partial charge on any atom is 0.225 e. The van der Waals surface area contributed by atoms with E-state index in [9.17, 15) is 4.79 Å². The van der Waals surface area contributed by atoms with Crippen molar-refractivity contribution < 1.29 is 4.79 Å². The van der Waals surface area contributed by atoms with Gasteiger partial charge in [0, 0.05) is 24.7 Å². The fourth-order valence-electron chi connectivity index (χ4n) is 2.91. The summed E-state index contributed by atoms with van der Waals surface area (Å²) in [5.41, 5.74) is 6.92. The summed E-state index contributed by atoms with van der Waals surface area (Å²) in [5.74, 6) is 0.0251. The lowest BCUT2D eigenvalue weighted by Gasteiger charge is -2.35. The summed E-state index contributed by atoms with van der Waals surface area (Å²) >= 11 is 5.87. The van der Waals surface area contributed by atoms with Crippen molar-refractivity contribution in [2.45, 2.75) is 45.1 Å². The molecule has 1 heterocycles. The molecule has 1 fully saturated rings. The maximum atomic E-state index is 12.0. The van der Waals surface area contributed by atoms with E-state index in [4.69, 9.17) is 17.3 Å². The van der Waals surface area contributed by atoms with Gasteiger partial charge in [-0.05, 0) is 44.0 Å². The van der Waals surface area contributed by atoms with Crippen LogP contribution in [0.2, 0.25) is 5.02 Å². The van der Waals surface area contributed by atoms with Crippen LogP contribution >= 0.6 is 11.6 Å². The molecule has 3 N–H and O–H groups in total. The minimum atomic E-state index is 0.0251. The Labute approximate surface area is 131 Å². The van der Waals surface area contributed by atoms with Gasteiger partial charge < -0.3 is 11.1 Å². The first-order valence-corrected chi connectivity index (χ1v) is 8.07. The van der Waals surface area contributed by atoms with E-state index in [0.717, 1.165) is 19.5 Å². The first kappa shape index (κ1) is 16.1. The highest BCUT2D eigenvalue weighted by Crippen LogP contribution is 2.23. The van der Waals surface area contributed by atoms with Gasteiger partial charge >= 0.3 is 0 Å². The third-order valence-corrected chi connectivity index (χ3v) is 4.47. The van der Waals surface area contributed by atoms with Crippen LogP contribution in [0.25, 0.3) is 0 Å². The molecule has 1 saturated heterocycles. The molecule has 0 aromatic heterocycles. The van der Waals surface area contributed by atoms with Gasteiger partial charge in [0.15, 0.2) is 0 Å². The number of carbonyl (C=O) groups is 1. The van der Waals surface area contributed by atoms with E-state index >= 15 is 0 Å². The Hall–Kier alpha value is -1.26. The summed E-state index contributed by atoms with van der Waals surface area (Å²) in [6, 6.07) is 5.80. The van der Waals surface area contributed by atoms with Crippen molar-refractivity contribution in [1.82, 2.24) is 4.90 Å². The minimum Gasteiger partial charge on any atom is -0.397 e. The number of nitrogens with one attached hydrogen (secondary N) is 1. The highest BCUT2D eigenvalue weighted by atomic mass is 35.5. The van der Waals surface area contributed by atoms with Gasteiger partial charge in [-0.1, -0.05) is 24.9 Å². The highest BCUT2D eigenvalue weighted by molar-refractivity contribution is 6.33. The van der Waals surface area contributed by atoms with Crippen LogP contribution < -0.4 is 11.1 Å². The van der Waals surface area contributed by atoms with E-state index in [-0.39, 0.29) is 5.91 Å². The number of hydrogen-bond acceptors (Lipinski definition) is 3. The molecule has 0 spiro atoms. The second-order valence-corrected chi connectivity index (χ2v) is 6.04. The molecule has 0 aliphatic carbocycles. The second-order valence-electron chi connectivity index (χ2n) is 5.63. The molecule has 1 aromatic carbocycles. The number of nitrogens with two attached hydrogens (primary N) is 1. The topological polar surface area (TPSA) is 58.4 Å². The lowest BCUT2D eigenvalue weighted by Crippen LogP contribution is -2.40. The Morgan fingerprint density at radius 1 is 1.48 bits per heavy atom. The van der Waals surface area contributed by atoms with Crippen LogP contribution in [0.1, 0.15) is 39.0 Å². The summed E-state index contributed by atoms with van der Waals surface area (Å²) in [6.07, 6.45) is 5.48. The minimum absolute atomic E-state index is 0.0251. The molecule has 0 radical (unpaired) electrons. The lowest BCUT2D eigenvalue weighted by atomic mass is 10.00. The molecule has 1 unspecified atom stereocenters. The molecule has 2 rings (SSSR count). The van der Waals surface area contributed by atoms with Gasteiger partial charge in [-0.3, -0.25) is 9.69 Å². The summed E-state index contributed by atoms with van der Waals surface area (Å²) in [4.78, 5) is 14.5. The number of piperidine rings is 1. The first-order valence-electron chi connectivity index (χ1n) is 7.69. The van der Waals surface area contributed by atoms with Crippen molar-refractivity contribution in [2.75, 3.05) is 24.1 Å². The molecule has 1 amide bonds. The van der Waals surface area contributed by atoms with Crippen LogP contribution in [0.15, 0.2) is 18.2 Å². The number of nitrogens with zero attached hydrogens (tertiary/aromatic N) is 1. The van der Waals surface area contributed by atoms with Crippen LogP contribution in [0, 0.1) is 0 Å². The monoisotopic (exact) mass is 309 g/mol. The predicted molar refractivity (Wildman–Crippen MR) is 88.6 cm³/mol. The number of hydrogen-bond donors (Lipinski definition) is 2. The summed E-state index contributed by atoms with van der Waals surface area (Å²) in [5, 5.41) is 3.38. The number of likely N-dealkylation sites (tertiary alicyclic amines) is 1. The Morgan fingerprint density at radius 3 is 3.00 bits per heavy atom. The highest BCUT2D eigenvalue weighted by Gasteiger charge is 2.20. The number of anilines is 2. The number of benzene rings is 1. The Kier molecular flexibility index (Phi) is 5.88. The largest absolute Gasteiger partial charge is 0.397 e. The average molecular weight is 310 g/mol. The summed E-state index contributed by atoms with van der Waals surface area (Å²) < 4.78 is 0. The molecule has 21 heavy (non-hydrogen) atoms. The fraction of sp³-hybridized carbons (Fsp3) is 0.562.